The van der Waals surface area contributed by atoms with Crippen molar-refractivity contribution in [2.75, 3.05) is 26.3 Å². The number of carboxylic acid groups (broad SMARTS) is 2. The molecule has 19 heavy (non-hydrogen) atoms. The predicted molar refractivity (Wildman–Crippen MR) is 57.9 cm³/mol. The molecular weight excluding hydrogens is 439 g/mol. The molecule has 1 radical (unpaired) electrons. The van der Waals surface area contributed by atoms with Crippen molar-refractivity contribution in [2.45, 2.75) is 0 Å². The van der Waals surface area contributed by atoms with E-state index in [9.17, 15) is 14.0 Å². The largest absolute Gasteiger partial charge is 0.545 e. The Bertz CT molecular complexity index is 200. The third-order valence-corrected chi connectivity index (χ3v) is 1.12. The van der Waals surface area contributed by atoms with Crippen molar-refractivity contribution in [1.82, 2.24) is 4.90 Å². The molecule has 113 valence electrons. The Balaban J connectivity index is -0.0000000816. The van der Waals surface area contributed by atoms with Gasteiger partial charge < -0.3 is 24.6 Å². The smallest absolute Gasteiger partial charge is 0.317 e. The molecule has 0 bridgehead atoms. The van der Waals surface area contributed by atoms with Crippen LogP contribution < -0.4 is 0 Å². The standard InChI is InChI=1S/C6H10FNO4.3CHO.Re/c7-1-2-8(3-5(9)10)4-6(11)12;3*1-2;/h1-4H2,(H,9,10)(H,11,12);3*1H;/q;3*-1;. The normalized spacial score (nSPS) is 7.05. The molecule has 10 heteroatoms. The van der Waals surface area contributed by atoms with E-state index in [1.165, 1.54) is 0 Å². The minimum absolute atomic E-state index is 0. The van der Waals surface area contributed by atoms with E-state index in [1.54, 1.807) is 0 Å². The summed E-state index contributed by atoms with van der Waals surface area (Å²) >= 11 is 0. The second-order valence-electron chi connectivity index (χ2n) is 2.19. The molecule has 2 N–H and O–H groups in total. The van der Waals surface area contributed by atoms with E-state index in [0.29, 0.717) is 0 Å². The Morgan fingerprint density at radius 2 is 1.16 bits per heavy atom. The number of hydrogen-bond donors (Lipinski definition) is 2. The Labute approximate surface area is 123 Å². The van der Waals surface area contributed by atoms with Crippen molar-refractivity contribution < 1.29 is 59.0 Å². The average Bonchev–Trinajstić information content (AvgIpc) is 2.35. The van der Waals surface area contributed by atoms with Gasteiger partial charge in [-0.1, -0.05) is 0 Å². The van der Waals surface area contributed by atoms with E-state index in [4.69, 9.17) is 24.6 Å². The molecule has 0 amide bonds. The molecule has 0 atom stereocenters. The molecule has 0 aliphatic heterocycles. The van der Waals surface area contributed by atoms with Gasteiger partial charge in [0, 0.05) is 27.0 Å². The molecule has 0 aromatic carbocycles. The first-order valence-corrected chi connectivity index (χ1v) is 3.99. The summed E-state index contributed by atoms with van der Waals surface area (Å²) in [7, 11) is 0. The number of carbonyl (C=O) groups excluding carboxylic acids is 3. The van der Waals surface area contributed by atoms with E-state index in [2.05, 4.69) is 20.4 Å². The molecule has 0 saturated heterocycles. The Kier molecular flexibility index (Phi) is 48.1. The number of carboxylic acids is 2. The van der Waals surface area contributed by atoms with Gasteiger partial charge >= 0.3 is 11.9 Å². The van der Waals surface area contributed by atoms with Crippen LogP contribution in [0.3, 0.4) is 0 Å². The average molecular weight is 452 g/mol. The first-order chi connectivity index (χ1) is 8.56. The zero-order valence-electron chi connectivity index (χ0n) is 9.70. The summed E-state index contributed by atoms with van der Waals surface area (Å²) in [5.74, 6) is -2.32. The fourth-order valence-electron chi connectivity index (χ4n) is 0.716. The summed E-state index contributed by atoms with van der Waals surface area (Å²) in [4.78, 5) is 44.5. The number of alkyl halides is 1. The number of rotatable bonds is 6. The van der Waals surface area contributed by atoms with Gasteiger partial charge in [0.1, 0.15) is 6.67 Å². The summed E-state index contributed by atoms with van der Waals surface area (Å²) in [6.07, 6.45) is 0. The summed E-state index contributed by atoms with van der Waals surface area (Å²) in [6, 6.07) is 0. The number of aliphatic carboxylic acids is 2. The van der Waals surface area contributed by atoms with Crippen LogP contribution in [0.1, 0.15) is 0 Å². The SMILES string of the molecule is O=C(O)CN(CCF)CC(=O)O.[CH-]=O.[CH-]=O.[CH-]=O.[Re]. The van der Waals surface area contributed by atoms with Crippen LogP contribution in [-0.2, 0) is 44.4 Å². The van der Waals surface area contributed by atoms with Crippen LogP contribution in [0.5, 0.6) is 0 Å². The molecule has 8 nitrogen and oxygen atoms in total. The van der Waals surface area contributed by atoms with Gasteiger partial charge in [0.15, 0.2) is 0 Å². The zero-order chi connectivity index (χ0) is 15.6. The van der Waals surface area contributed by atoms with Crippen molar-refractivity contribution >= 4 is 32.3 Å². The van der Waals surface area contributed by atoms with E-state index in [1.807, 2.05) is 0 Å². The second kappa shape index (κ2) is 30.0. The number of nitrogens with zero attached hydrogens (tertiary/aromatic N) is 1. The summed E-state index contributed by atoms with van der Waals surface area (Å²) in [5, 5.41) is 16.5. The molecule has 0 aliphatic rings. The Hall–Kier alpha value is -1.50. The fourth-order valence-corrected chi connectivity index (χ4v) is 0.716. The van der Waals surface area contributed by atoms with Crippen LogP contribution in [0, 0.1) is 0 Å². The maximum Gasteiger partial charge on any atom is 0.317 e. The Morgan fingerprint density at radius 1 is 0.895 bits per heavy atom. The maximum atomic E-state index is 11.7. The van der Waals surface area contributed by atoms with Gasteiger partial charge in [-0.2, -0.15) is 0 Å². The zero-order valence-corrected chi connectivity index (χ0v) is 12.4. The molecule has 0 rings (SSSR count). The minimum atomic E-state index is -1.16. The van der Waals surface area contributed by atoms with Crippen molar-refractivity contribution in [3.8, 4) is 0 Å². The summed E-state index contributed by atoms with van der Waals surface area (Å²) < 4.78 is 11.7. The third kappa shape index (κ3) is 38.4. The van der Waals surface area contributed by atoms with Crippen LogP contribution in [0.2, 0.25) is 0 Å². The number of carbonyl (C=O) groups is 2. The van der Waals surface area contributed by atoms with E-state index >= 15 is 0 Å². The van der Waals surface area contributed by atoms with Crippen molar-refractivity contribution in [3.05, 3.63) is 0 Å². The van der Waals surface area contributed by atoms with Gasteiger partial charge in [-0.3, -0.25) is 34.9 Å². The molecular formula is C9H13FNO7Re-3. The first-order valence-electron chi connectivity index (χ1n) is 3.99. The van der Waals surface area contributed by atoms with Gasteiger partial charge in [0.05, 0.1) is 13.1 Å². The molecule has 0 aliphatic carbocycles. The van der Waals surface area contributed by atoms with Crippen LogP contribution in [0.25, 0.3) is 0 Å². The maximum absolute atomic E-state index is 11.7. The molecule has 0 saturated carbocycles. The number of hydrogen-bond acceptors (Lipinski definition) is 6. The minimum Gasteiger partial charge on any atom is -0.545 e. The summed E-state index contributed by atoms with van der Waals surface area (Å²) in [5.41, 5.74) is 0. The van der Waals surface area contributed by atoms with E-state index in [-0.39, 0.29) is 27.0 Å². The van der Waals surface area contributed by atoms with Crippen LogP contribution in [0.4, 0.5) is 4.39 Å². The number of halogens is 1. The third-order valence-electron chi connectivity index (χ3n) is 1.12. The van der Waals surface area contributed by atoms with Gasteiger partial charge in [-0.05, 0) is 0 Å². The first kappa shape index (κ1) is 30.5. The molecule has 0 fully saturated rings. The van der Waals surface area contributed by atoms with E-state index in [0.717, 1.165) is 4.90 Å². The molecule has 0 unspecified atom stereocenters. The second-order valence-corrected chi connectivity index (χ2v) is 2.19. The molecule has 0 heterocycles. The van der Waals surface area contributed by atoms with Gasteiger partial charge in [0.2, 0.25) is 0 Å². The monoisotopic (exact) mass is 453 g/mol. The van der Waals surface area contributed by atoms with Crippen molar-refractivity contribution in [1.29, 1.82) is 0 Å². The Morgan fingerprint density at radius 3 is 1.32 bits per heavy atom. The topological polar surface area (TPSA) is 129 Å². The van der Waals surface area contributed by atoms with Crippen molar-refractivity contribution in [2.24, 2.45) is 0 Å². The quantitative estimate of drug-likeness (QED) is 0.372. The van der Waals surface area contributed by atoms with Crippen LogP contribution >= 0.6 is 0 Å². The molecule has 0 aromatic rings. The van der Waals surface area contributed by atoms with Gasteiger partial charge in [0.25, 0.3) is 0 Å². The fraction of sp³-hybridized carbons (Fsp3) is 0.444. The predicted octanol–water partition coefficient (Wildman–Crippen LogP) is -1.40. The molecule has 0 aromatic heterocycles. The van der Waals surface area contributed by atoms with Crippen LogP contribution in [0.15, 0.2) is 0 Å². The van der Waals surface area contributed by atoms with Gasteiger partial charge in [-0.15, -0.1) is 0 Å². The molecule has 0 spiro atoms. The van der Waals surface area contributed by atoms with E-state index < -0.39 is 31.7 Å². The van der Waals surface area contributed by atoms with Crippen molar-refractivity contribution in [3.63, 3.8) is 0 Å². The van der Waals surface area contributed by atoms with Crippen LogP contribution in [-0.4, -0.2) is 73.7 Å². The van der Waals surface area contributed by atoms with Gasteiger partial charge in [-0.25, -0.2) is 4.39 Å². The summed E-state index contributed by atoms with van der Waals surface area (Å²) in [6.45, 7) is 7.94.